The molecule has 0 bridgehead atoms. The van der Waals surface area contributed by atoms with E-state index in [4.69, 9.17) is 11.6 Å². The summed E-state index contributed by atoms with van der Waals surface area (Å²) in [7, 11) is 0. The molecule has 1 aliphatic carbocycles. The van der Waals surface area contributed by atoms with E-state index in [0.717, 1.165) is 35.9 Å². The van der Waals surface area contributed by atoms with E-state index in [0.29, 0.717) is 0 Å². The predicted octanol–water partition coefficient (Wildman–Crippen LogP) is 5.08. The van der Waals surface area contributed by atoms with Crippen molar-refractivity contribution in [3.05, 3.63) is 34.9 Å². The lowest BCUT2D eigenvalue weighted by Crippen LogP contribution is -2.27. The maximum Gasteiger partial charge on any atom is 0.0408 e. The van der Waals surface area contributed by atoms with Gasteiger partial charge in [0.15, 0.2) is 0 Å². The summed E-state index contributed by atoms with van der Waals surface area (Å²) < 4.78 is 0. The predicted molar refractivity (Wildman–Crippen MR) is 88.4 cm³/mol. The molecule has 2 rings (SSSR count). The molecule has 1 nitrogen and oxygen atoms in total. The number of halogens is 1. The van der Waals surface area contributed by atoms with E-state index in [1.807, 2.05) is 6.07 Å². The van der Waals surface area contributed by atoms with Gasteiger partial charge in [0.1, 0.15) is 0 Å². The molecule has 112 valence electrons. The van der Waals surface area contributed by atoms with Crippen LogP contribution in [0.4, 0.5) is 0 Å². The first-order chi connectivity index (χ1) is 9.71. The Hall–Kier alpha value is -0.530. The zero-order chi connectivity index (χ0) is 14.4. The third-order valence-corrected chi connectivity index (χ3v) is 4.74. The van der Waals surface area contributed by atoms with E-state index >= 15 is 0 Å². The topological polar surface area (TPSA) is 12.0 Å². The van der Waals surface area contributed by atoms with Crippen LogP contribution >= 0.6 is 11.6 Å². The molecule has 1 saturated carbocycles. The van der Waals surface area contributed by atoms with Crippen molar-refractivity contribution in [2.75, 3.05) is 6.54 Å². The Kier molecular flexibility index (Phi) is 6.38. The lowest BCUT2D eigenvalue weighted by molar-refractivity contribution is 0.337. The first-order valence-corrected chi connectivity index (χ1v) is 8.56. The molecule has 0 aliphatic heterocycles. The molecule has 0 radical (unpaired) electrons. The highest BCUT2D eigenvalue weighted by Gasteiger charge is 2.23. The maximum atomic E-state index is 6.11. The summed E-state index contributed by atoms with van der Waals surface area (Å²) in [5, 5.41) is 4.57. The molecular weight excluding hydrogens is 266 g/mol. The number of nitrogens with one attached hydrogen (secondary N) is 1. The zero-order valence-corrected chi connectivity index (χ0v) is 13.6. The maximum absolute atomic E-state index is 6.11. The van der Waals surface area contributed by atoms with Crippen molar-refractivity contribution in [3.63, 3.8) is 0 Å². The van der Waals surface area contributed by atoms with E-state index in [1.165, 1.54) is 37.7 Å². The number of hydrogen-bond acceptors (Lipinski definition) is 1. The fourth-order valence-electron chi connectivity index (χ4n) is 2.95. The second kappa shape index (κ2) is 8.05. The quantitative estimate of drug-likeness (QED) is 0.670. The van der Waals surface area contributed by atoms with Crippen LogP contribution in [0, 0.1) is 11.8 Å². The Labute approximate surface area is 129 Å². The summed E-state index contributed by atoms with van der Waals surface area (Å²) in [5.41, 5.74) is 1.38. The smallest absolute Gasteiger partial charge is 0.0408 e. The van der Waals surface area contributed by atoms with Crippen LogP contribution in [0.2, 0.25) is 5.02 Å². The molecule has 0 spiro atoms. The van der Waals surface area contributed by atoms with E-state index in [-0.39, 0.29) is 0 Å². The Morgan fingerprint density at radius 1 is 1.20 bits per heavy atom. The highest BCUT2D eigenvalue weighted by molar-refractivity contribution is 6.30. The van der Waals surface area contributed by atoms with Crippen molar-refractivity contribution >= 4 is 11.6 Å². The van der Waals surface area contributed by atoms with Gasteiger partial charge in [-0.15, -0.1) is 0 Å². The second-order valence-electron chi connectivity index (χ2n) is 6.30. The highest BCUT2D eigenvalue weighted by atomic mass is 35.5. The van der Waals surface area contributed by atoms with Crippen LogP contribution in [0.25, 0.3) is 0 Å². The van der Waals surface area contributed by atoms with Crippen LogP contribution in [0.5, 0.6) is 0 Å². The lowest BCUT2D eigenvalue weighted by atomic mass is 9.86. The summed E-state index contributed by atoms with van der Waals surface area (Å²) >= 11 is 6.11. The molecule has 1 N–H and O–H groups in total. The summed E-state index contributed by atoms with van der Waals surface area (Å²) in [6.45, 7) is 5.80. The minimum absolute atomic E-state index is 0.735. The molecule has 1 aliphatic rings. The molecule has 1 atom stereocenters. The van der Waals surface area contributed by atoms with Gasteiger partial charge in [-0.1, -0.05) is 50.4 Å². The monoisotopic (exact) mass is 293 g/mol. The van der Waals surface area contributed by atoms with Crippen LogP contribution in [0.15, 0.2) is 24.3 Å². The summed E-state index contributed by atoms with van der Waals surface area (Å²) in [6.07, 6.45) is 7.82. The van der Waals surface area contributed by atoms with Crippen LogP contribution < -0.4 is 5.32 Å². The summed E-state index contributed by atoms with van der Waals surface area (Å²) in [4.78, 5) is 0. The molecule has 1 aromatic carbocycles. The van der Waals surface area contributed by atoms with Crippen molar-refractivity contribution in [1.82, 2.24) is 5.32 Å². The van der Waals surface area contributed by atoms with Gasteiger partial charge >= 0.3 is 0 Å². The number of hydrogen-bond donors (Lipinski definition) is 1. The average molecular weight is 294 g/mol. The third-order valence-electron chi connectivity index (χ3n) is 4.51. The van der Waals surface area contributed by atoms with Gasteiger partial charge in [0.2, 0.25) is 0 Å². The molecule has 1 fully saturated rings. The van der Waals surface area contributed by atoms with Gasteiger partial charge in [-0.25, -0.2) is 0 Å². The SMILES string of the molecule is CCC(CC)CC(CNC1CC1)Cc1cccc(Cl)c1. The van der Waals surface area contributed by atoms with Gasteiger partial charge in [-0.05, 0) is 61.8 Å². The molecule has 1 unspecified atom stereocenters. The molecule has 0 aromatic heterocycles. The highest BCUT2D eigenvalue weighted by Crippen LogP contribution is 2.25. The fourth-order valence-corrected chi connectivity index (χ4v) is 3.16. The normalized spacial score (nSPS) is 16.6. The van der Waals surface area contributed by atoms with Crippen molar-refractivity contribution in [3.8, 4) is 0 Å². The van der Waals surface area contributed by atoms with Crippen LogP contribution in [0.3, 0.4) is 0 Å². The van der Waals surface area contributed by atoms with Crippen molar-refractivity contribution in [2.24, 2.45) is 11.8 Å². The summed E-state index contributed by atoms with van der Waals surface area (Å²) in [6, 6.07) is 9.17. The van der Waals surface area contributed by atoms with Crippen LogP contribution in [0.1, 0.15) is 51.5 Å². The van der Waals surface area contributed by atoms with Crippen LogP contribution in [-0.4, -0.2) is 12.6 Å². The largest absolute Gasteiger partial charge is 0.314 e. The molecule has 0 heterocycles. The van der Waals surface area contributed by atoms with Crippen molar-refractivity contribution in [1.29, 1.82) is 0 Å². The lowest BCUT2D eigenvalue weighted by Gasteiger charge is -2.22. The fraction of sp³-hybridized carbons (Fsp3) is 0.667. The zero-order valence-electron chi connectivity index (χ0n) is 12.9. The minimum atomic E-state index is 0.735. The van der Waals surface area contributed by atoms with E-state index in [1.54, 1.807) is 0 Å². The van der Waals surface area contributed by atoms with Gasteiger partial charge in [-0.3, -0.25) is 0 Å². The van der Waals surface area contributed by atoms with Gasteiger partial charge in [0, 0.05) is 11.1 Å². The minimum Gasteiger partial charge on any atom is -0.314 e. The van der Waals surface area contributed by atoms with Crippen molar-refractivity contribution < 1.29 is 0 Å². The molecule has 1 aromatic rings. The molecular formula is C18H28ClN. The molecule has 2 heteroatoms. The van der Waals surface area contributed by atoms with E-state index in [9.17, 15) is 0 Å². The first kappa shape index (κ1) is 15.9. The second-order valence-corrected chi connectivity index (χ2v) is 6.74. The molecule has 0 saturated heterocycles. The van der Waals surface area contributed by atoms with Gasteiger partial charge in [0.05, 0.1) is 0 Å². The van der Waals surface area contributed by atoms with Gasteiger partial charge in [0.25, 0.3) is 0 Å². The molecule has 20 heavy (non-hydrogen) atoms. The Morgan fingerprint density at radius 3 is 2.55 bits per heavy atom. The standard InChI is InChI=1S/C18H28ClN/c1-3-14(4-2)10-16(13-20-18-8-9-18)11-15-6-5-7-17(19)12-15/h5-7,12,14,16,18,20H,3-4,8-11,13H2,1-2H3. The third kappa shape index (κ3) is 5.46. The Bertz CT molecular complexity index is 396. The summed E-state index contributed by atoms with van der Waals surface area (Å²) in [5.74, 6) is 1.60. The Morgan fingerprint density at radius 2 is 1.95 bits per heavy atom. The Balaban J connectivity index is 1.92. The van der Waals surface area contributed by atoms with E-state index < -0.39 is 0 Å². The van der Waals surface area contributed by atoms with Crippen molar-refractivity contribution in [2.45, 2.75) is 58.4 Å². The average Bonchev–Trinajstić information content (AvgIpc) is 3.26. The first-order valence-electron chi connectivity index (χ1n) is 8.19. The number of benzene rings is 1. The van der Waals surface area contributed by atoms with E-state index in [2.05, 4.69) is 37.4 Å². The van der Waals surface area contributed by atoms with Gasteiger partial charge in [-0.2, -0.15) is 0 Å². The van der Waals surface area contributed by atoms with Crippen LogP contribution in [-0.2, 0) is 6.42 Å². The van der Waals surface area contributed by atoms with Gasteiger partial charge < -0.3 is 5.32 Å². The number of rotatable bonds is 9. The molecule has 0 amide bonds.